The van der Waals surface area contributed by atoms with Crippen LogP contribution in [0.5, 0.6) is 5.75 Å². The lowest BCUT2D eigenvalue weighted by atomic mass is 9.83. The monoisotopic (exact) mass is 378 g/mol. The lowest BCUT2D eigenvalue weighted by Gasteiger charge is -2.30. The number of ether oxygens (including phenoxy) is 1. The minimum Gasteiger partial charge on any atom is -0.482 e. The quantitative estimate of drug-likeness (QED) is 0.718. The fraction of sp³-hybridized carbons (Fsp3) is 0.150. The average Bonchev–Trinajstić information content (AvgIpc) is 3.20. The number of nitrogens with zero attached hydrogens (tertiary/aromatic N) is 2. The third-order valence-electron chi connectivity index (χ3n) is 4.94. The molecule has 1 atom stereocenters. The molecule has 140 valence electrons. The Morgan fingerprint density at radius 2 is 1.93 bits per heavy atom. The zero-order valence-electron chi connectivity index (χ0n) is 14.6. The first-order valence-corrected chi connectivity index (χ1v) is 8.78. The van der Waals surface area contributed by atoms with Crippen LogP contribution in [0.3, 0.4) is 0 Å². The number of fused-ring (bicyclic) bond motifs is 2. The Labute approximate surface area is 159 Å². The Balaban J connectivity index is 1.69. The fourth-order valence-electron chi connectivity index (χ4n) is 3.74. The third-order valence-corrected chi connectivity index (χ3v) is 4.94. The van der Waals surface area contributed by atoms with E-state index in [0.29, 0.717) is 28.4 Å². The second kappa shape index (κ2) is 6.19. The van der Waals surface area contributed by atoms with Crippen molar-refractivity contribution >= 4 is 23.2 Å². The van der Waals surface area contributed by atoms with E-state index in [4.69, 9.17) is 4.74 Å². The van der Waals surface area contributed by atoms with Crippen molar-refractivity contribution in [3.8, 4) is 11.4 Å². The number of carbonyl (C=O) groups excluding carboxylic acids is 2. The zero-order chi connectivity index (χ0) is 19.3. The van der Waals surface area contributed by atoms with E-state index in [2.05, 4.69) is 15.7 Å². The molecule has 0 saturated heterocycles. The Morgan fingerprint density at radius 3 is 2.75 bits per heavy atom. The van der Waals surface area contributed by atoms with Crippen molar-refractivity contribution in [2.24, 2.45) is 0 Å². The highest BCUT2D eigenvalue weighted by Crippen LogP contribution is 2.44. The van der Waals surface area contributed by atoms with E-state index < -0.39 is 11.7 Å². The topological polar surface area (TPSA) is 85.2 Å². The molecule has 1 unspecified atom stereocenters. The minimum absolute atomic E-state index is 0.0729. The van der Waals surface area contributed by atoms with E-state index in [9.17, 15) is 14.0 Å². The summed E-state index contributed by atoms with van der Waals surface area (Å²) in [5.74, 6) is -0.721. The minimum atomic E-state index is -0.400. The summed E-state index contributed by atoms with van der Waals surface area (Å²) in [4.78, 5) is 24.1. The number of nitrogens with one attached hydrogen (secondary N) is 2. The van der Waals surface area contributed by atoms with Crippen LogP contribution >= 0.6 is 0 Å². The summed E-state index contributed by atoms with van der Waals surface area (Å²) in [6, 6.07) is 9.69. The van der Waals surface area contributed by atoms with Gasteiger partial charge in [-0.05, 0) is 41.5 Å². The van der Waals surface area contributed by atoms with Gasteiger partial charge in [0, 0.05) is 36.5 Å². The van der Waals surface area contributed by atoms with Gasteiger partial charge in [-0.2, -0.15) is 5.10 Å². The first-order valence-electron chi connectivity index (χ1n) is 8.78. The maximum absolute atomic E-state index is 14.1. The number of hydrogen-bond acceptors (Lipinski definition) is 4. The summed E-state index contributed by atoms with van der Waals surface area (Å²) >= 11 is 0. The van der Waals surface area contributed by atoms with Crippen LogP contribution in [0.15, 0.2) is 48.8 Å². The summed E-state index contributed by atoms with van der Waals surface area (Å²) in [5.41, 5.74) is 3.24. The van der Waals surface area contributed by atoms with Gasteiger partial charge < -0.3 is 15.4 Å². The molecule has 2 amide bonds. The van der Waals surface area contributed by atoms with Crippen molar-refractivity contribution in [1.82, 2.24) is 9.78 Å². The molecule has 0 fully saturated rings. The van der Waals surface area contributed by atoms with Crippen LogP contribution in [-0.4, -0.2) is 28.2 Å². The molecule has 3 heterocycles. The number of amides is 2. The van der Waals surface area contributed by atoms with Crippen molar-refractivity contribution in [3.05, 3.63) is 65.7 Å². The molecule has 2 aromatic carbocycles. The molecule has 0 bridgehead atoms. The van der Waals surface area contributed by atoms with E-state index in [0.717, 1.165) is 5.56 Å². The normalized spacial score (nSPS) is 17.8. The second-order valence-electron chi connectivity index (χ2n) is 6.73. The maximum Gasteiger partial charge on any atom is 0.262 e. The molecule has 28 heavy (non-hydrogen) atoms. The zero-order valence-corrected chi connectivity index (χ0v) is 14.6. The van der Waals surface area contributed by atoms with Gasteiger partial charge in [0.1, 0.15) is 11.6 Å². The van der Waals surface area contributed by atoms with Gasteiger partial charge in [0.15, 0.2) is 6.61 Å². The molecule has 0 aliphatic carbocycles. The van der Waals surface area contributed by atoms with Crippen molar-refractivity contribution in [3.63, 3.8) is 0 Å². The summed E-state index contributed by atoms with van der Waals surface area (Å²) in [6.07, 6.45) is 3.55. The first kappa shape index (κ1) is 16.5. The summed E-state index contributed by atoms with van der Waals surface area (Å²) in [5, 5.41) is 9.86. The van der Waals surface area contributed by atoms with Gasteiger partial charge in [-0.1, -0.05) is 0 Å². The fourth-order valence-corrected chi connectivity index (χ4v) is 3.74. The van der Waals surface area contributed by atoms with Gasteiger partial charge in [0.05, 0.1) is 11.4 Å². The van der Waals surface area contributed by atoms with Crippen molar-refractivity contribution < 1.29 is 18.7 Å². The number of rotatable bonds is 2. The molecular formula is C20H15FN4O3. The number of aromatic nitrogens is 2. The van der Waals surface area contributed by atoms with Gasteiger partial charge in [-0.15, -0.1) is 0 Å². The van der Waals surface area contributed by atoms with E-state index in [1.165, 1.54) is 12.1 Å². The molecule has 0 radical (unpaired) electrons. The molecule has 0 saturated carbocycles. The Kier molecular flexibility index (Phi) is 3.65. The van der Waals surface area contributed by atoms with Gasteiger partial charge in [0.2, 0.25) is 5.91 Å². The van der Waals surface area contributed by atoms with Crippen LogP contribution in [0.2, 0.25) is 0 Å². The largest absolute Gasteiger partial charge is 0.482 e. The van der Waals surface area contributed by atoms with Crippen molar-refractivity contribution in [2.45, 2.75) is 12.3 Å². The lowest BCUT2D eigenvalue weighted by molar-refractivity contribution is -0.119. The third kappa shape index (κ3) is 2.70. The molecule has 3 aromatic rings. The summed E-state index contributed by atoms with van der Waals surface area (Å²) < 4.78 is 21.2. The highest BCUT2D eigenvalue weighted by Gasteiger charge is 2.31. The standard InChI is InChI=1S/C20H15FN4O3/c21-11-2-3-17(25-5-1-4-22-25)14(6-11)12-8-19(26)23-15-9-18-16(7-13(12)15)24-20(27)10-28-18/h1-7,9,12H,8,10H2,(H,23,26)(H,24,27). The molecule has 2 N–H and O–H groups in total. The Bertz CT molecular complexity index is 1110. The van der Waals surface area contributed by atoms with Crippen LogP contribution in [0.4, 0.5) is 15.8 Å². The molecule has 5 rings (SSSR count). The van der Waals surface area contributed by atoms with Crippen LogP contribution in [0, 0.1) is 5.82 Å². The van der Waals surface area contributed by atoms with Crippen LogP contribution in [0.1, 0.15) is 23.5 Å². The second-order valence-corrected chi connectivity index (χ2v) is 6.73. The lowest BCUT2D eigenvalue weighted by Crippen LogP contribution is -2.28. The van der Waals surface area contributed by atoms with E-state index in [1.54, 1.807) is 41.3 Å². The maximum atomic E-state index is 14.1. The molecule has 2 aliphatic heterocycles. The molecule has 8 heteroatoms. The Morgan fingerprint density at radius 1 is 1.07 bits per heavy atom. The molecule has 1 aromatic heterocycles. The van der Waals surface area contributed by atoms with E-state index >= 15 is 0 Å². The Hall–Kier alpha value is -3.68. The van der Waals surface area contributed by atoms with Crippen LogP contribution < -0.4 is 15.4 Å². The smallest absolute Gasteiger partial charge is 0.262 e. The predicted molar refractivity (Wildman–Crippen MR) is 99.2 cm³/mol. The SMILES string of the molecule is O=C1COc2cc3c(cc2N1)C(c1cc(F)ccc1-n1cccn1)CC(=O)N3. The summed E-state index contributed by atoms with van der Waals surface area (Å²) in [6.45, 7) is -0.0729. The van der Waals surface area contributed by atoms with Crippen molar-refractivity contribution in [2.75, 3.05) is 17.2 Å². The number of anilines is 2. The van der Waals surface area contributed by atoms with Crippen LogP contribution in [-0.2, 0) is 9.59 Å². The van der Waals surface area contributed by atoms with Gasteiger partial charge in [-0.3, -0.25) is 9.59 Å². The van der Waals surface area contributed by atoms with Gasteiger partial charge >= 0.3 is 0 Å². The summed E-state index contributed by atoms with van der Waals surface area (Å²) in [7, 11) is 0. The first-order chi connectivity index (χ1) is 13.6. The molecule has 0 spiro atoms. The van der Waals surface area contributed by atoms with Crippen molar-refractivity contribution in [1.29, 1.82) is 0 Å². The highest BCUT2D eigenvalue weighted by molar-refractivity contribution is 5.99. The molecule has 7 nitrogen and oxygen atoms in total. The number of hydrogen-bond donors (Lipinski definition) is 2. The van der Waals surface area contributed by atoms with Crippen LogP contribution in [0.25, 0.3) is 5.69 Å². The molecular weight excluding hydrogens is 363 g/mol. The van der Waals surface area contributed by atoms with Gasteiger partial charge in [0.25, 0.3) is 5.91 Å². The van der Waals surface area contributed by atoms with E-state index in [-0.39, 0.29) is 24.8 Å². The number of carbonyl (C=O) groups is 2. The predicted octanol–water partition coefficient (Wildman–Crippen LogP) is 2.82. The highest BCUT2D eigenvalue weighted by atomic mass is 19.1. The average molecular weight is 378 g/mol. The van der Waals surface area contributed by atoms with Gasteiger partial charge in [-0.25, -0.2) is 9.07 Å². The molecule has 2 aliphatic rings. The van der Waals surface area contributed by atoms with E-state index in [1.807, 2.05) is 0 Å². The number of benzene rings is 2. The number of halogens is 1.